The van der Waals surface area contributed by atoms with E-state index in [-0.39, 0.29) is 29.5 Å². The first-order chi connectivity index (χ1) is 21.7. The molecule has 0 spiro atoms. The van der Waals surface area contributed by atoms with Gasteiger partial charge in [-0.3, -0.25) is 24.0 Å². The van der Waals surface area contributed by atoms with Gasteiger partial charge < -0.3 is 26.6 Å². The van der Waals surface area contributed by atoms with Crippen molar-refractivity contribution in [3.63, 3.8) is 0 Å². The molecule has 0 aromatic carbocycles. The molecule has 254 valence electrons. The number of primary amides is 1. The molecular weight excluding hydrogens is 608 g/mol. The fourth-order valence-corrected chi connectivity index (χ4v) is 7.53. The van der Waals surface area contributed by atoms with E-state index in [9.17, 15) is 28.8 Å². The molecule has 2 aliphatic carbocycles. The maximum Gasteiger partial charge on any atom is 0.316 e. The lowest BCUT2D eigenvalue weighted by Crippen LogP contribution is -2.62. The summed E-state index contributed by atoms with van der Waals surface area (Å²) in [6.45, 7) is 9.74. The quantitative estimate of drug-likeness (QED) is 0.185. The largest absolute Gasteiger partial charge is 0.363 e. The van der Waals surface area contributed by atoms with Gasteiger partial charge in [0.15, 0.2) is 5.01 Å². The number of aromatic nitrogens is 1. The van der Waals surface area contributed by atoms with Gasteiger partial charge in [-0.1, -0.05) is 66.7 Å². The van der Waals surface area contributed by atoms with Gasteiger partial charge in [0.2, 0.25) is 23.4 Å². The Bertz CT molecular complexity index is 1280. The fraction of sp³-hybridized carbons (Fsp3) is 0.727. The smallest absolute Gasteiger partial charge is 0.316 e. The van der Waals surface area contributed by atoms with E-state index in [1.165, 1.54) is 16.2 Å². The number of ketones is 2. The third-order valence-electron chi connectivity index (χ3n) is 9.72. The van der Waals surface area contributed by atoms with E-state index in [0.29, 0.717) is 24.4 Å². The number of hydrogen-bond donors (Lipinski definition) is 4. The lowest BCUT2D eigenvalue weighted by Gasteiger charge is -2.37. The first-order valence-electron chi connectivity index (χ1n) is 16.6. The third-order valence-corrected chi connectivity index (χ3v) is 10.5. The molecule has 5 N–H and O–H groups in total. The van der Waals surface area contributed by atoms with Crippen LogP contribution in [0.15, 0.2) is 11.6 Å². The Morgan fingerprint density at radius 1 is 0.978 bits per heavy atom. The van der Waals surface area contributed by atoms with Crippen molar-refractivity contribution in [2.45, 2.75) is 117 Å². The lowest BCUT2D eigenvalue weighted by molar-refractivity contribution is -0.144. The second-order valence-corrected chi connectivity index (χ2v) is 15.5. The zero-order valence-corrected chi connectivity index (χ0v) is 28.5. The molecule has 12 nitrogen and oxygen atoms in total. The summed E-state index contributed by atoms with van der Waals surface area (Å²) < 4.78 is 0. The molecule has 1 saturated heterocycles. The first kappa shape index (κ1) is 35.5. The third kappa shape index (κ3) is 8.71. The molecule has 0 bridgehead atoms. The summed E-state index contributed by atoms with van der Waals surface area (Å²) in [6, 6.07) is -4.37. The number of rotatable bonds is 13. The highest BCUT2D eigenvalue weighted by Gasteiger charge is 2.48. The highest BCUT2D eigenvalue weighted by atomic mass is 32.1. The normalized spacial score (nSPS) is 22.5. The second-order valence-electron chi connectivity index (χ2n) is 14.6. The molecule has 5 amide bonds. The van der Waals surface area contributed by atoms with Gasteiger partial charge in [0.05, 0.1) is 12.1 Å². The molecule has 0 radical (unpaired) electrons. The van der Waals surface area contributed by atoms with Gasteiger partial charge in [-0.2, -0.15) is 0 Å². The Hall–Kier alpha value is -3.35. The Morgan fingerprint density at radius 3 is 2.20 bits per heavy atom. The Labute approximate surface area is 275 Å². The molecule has 5 atom stereocenters. The molecule has 2 saturated carbocycles. The zero-order valence-electron chi connectivity index (χ0n) is 27.7. The van der Waals surface area contributed by atoms with E-state index in [0.717, 1.165) is 44.9 Å². The number of nitrogens with one attached hydrogen (secondary N) is 3. The molecule has 1 aliphatic heterocycles. The van der Waals surface area contributed by atoms with Crippen molar-refractivity contribution in [1.29, 1.82) is 0 Å². The minimum Gasteiger partial charge on any atom is -0.363 e. The predicted octanol–water partition coefficient (Wildman–Crippen LogP) is 3.20. The summed E-state index contributed by atoms with van der Waals surface area (Å²) in [6.07, 6.45) is 8.94. The van der Waals surface area contributed by atoms with Crippen molar-refractivity contribution in [2.24, 2.45) is 34.8 Å². The van der Waals surface area contributed by atoms with Gasteiger partial charge in [-0.05, 0) is 54.8 Å². The van der Waals surface area contributed by atoms with Crippen molar-refractivity contribution >= 4 is 46.7 Å². The van der Waals surface area contributed by atoms with Crippen LogP contribution in [0.3, 0.4) is 0 Å². The van der Waals surface area contributed by atoms with Crippen molar-refractivity contribution in [2.75, 3.05) is 6.54 Å². The van der Waals surface area contributed by atoms with Crippen molar-refractivity contribution in [3.05, 3.63) is 16.6 Å². The number of likely N-dealkylation sites (tertiary alicyclic amines) is 1. The number of carbonyl (C=O) groups excluding carboxylic acids is 6. The van der Waals surface area contributed by atoms with Gasteiger partial charge in [-0.25, -0.2) is 9.78 Å². The number of amides is 5. The molecule has 1 unspecified atom stereocenters. The Morgan fingerprint density at radius 2 is 1.65 bits per heavy atom. The average molecular weight is 659 g/mol. The highest BCUT2D eigenvalue weighted by Crippen LogP contribution is 2.36. The maximum absolute atomic E-state index is 14.3. The van der Waals surface area contributed by atoms with Crippen LogP contribution in [0.5, 0.6) is 0 Å². The number of nitrogens with two attached hydrogens (primary N) is 1. The van der Waals surface area contributed by atoms with Crippen LogP contribution in [0, 0.1) is 29.1 Å². The SMILES string of the molecule is CC(C)[C@H]1CCN(C(=O)[C@@H](NC(=O)N[C@H](C(=O)c2nccs2)C2CCCCC2)C(C)(C)C)[C@@H]1C(=O)NC(CC1CC1)C(=O)C(N)=O. The van der Waals surface area contributed by atoms with Gasteiger partial charge in [0.25, 0.3) is 5.91 Å². The molecule has 1 aromatic heterocycles. The van der Waals surface area contributed by atoms with E-state index in [2.05, 4.69) is 20.9 Å². The number of carbonyl (C=O) groups is 6. The summed E-state index contributed by atoms with van der Waals surface area (Å²) in [7, 11) is 0. The lowest BCUT2D eigenvalue weighted by atomic mass is 9.82. The second kappa shape index (κ2) is 15.0. The van der Waals surface area contributed by atoms with Crippen LogP contribution in [-0.4, -0.2) is 75.9 Å². The van der Waals surface area contributed by atoms with Crippen LogP contribution in [0.25, 0.3) is 0 Å². The molecular formula is C33H50N6O6S. The average Bonchev–Trinajstić information content (AvgIpc) is 3.45. The zero-order chi connectivity index (χ0) is 33.8. The van der Waals surface area contributed by atoms with E-state index < -0.39 is 59.1 Å². The number of nitrogens with zero attached hydrogens (tertiary/aromatic N) is 2. The molecule has 13 heteroatoms. The van der Waals surface area contributed by atoms with E-state index >= 15 is 0 Å². The van der Waals surface area contributed by atoms with Crippen LogP contribution in [-0.2, 0) is 19.2 Å². The molecule has 2 heterocycles. The summed E-state index contributed by atoms with van der Waals surface area (Å²) in [5.74, 6) is -3.07. The first-order valence-corrected chi connectivity index (χ1v) is 17.5. The standard InChI is InChI=1S/C33H50N6O6S/c1-18(2)21-13-15-39(24(21)29(43)36-22(17-19-11-12-19)25(40)28(34)42)31(44)27(33(3,4)5)38-32(45)37-23(20-9-7-6-8-10-20)26(41)30-35-14-16-46-30/h14,16,18-24,27H,6-13,15,17H2,1-5H3,(H2,34,42)(H,36,43)(H2,37,38,45)/t21-,22?,23+,24+,27-/m1/s1. The number of thiazole rings is 1. The Kier molecular flexibility index (Phi) is 11.6. The van der Waals surface area contributed by atoms with Crippen molar-refractivity contribution in [3.8, 4) is 0 Å². The topological polar surface area (TPSA) is 181 Å². The summed E-state index contributed by atoms with van der Waals surface area (Å²) in [5, 5.41) is 10.6. The van der Waals surface area contributed by atoms with Crippen LogP contribution < -0.4 is 21.7 Å². The molecule has 3 aliphatic rings. The number of urea groups is 1. The van der Waals surface area contributed by atoms with Gasteiger partial charge >= 0.3 is 6.03 Å². The summed E-state index contributed by atoms with van der Waals surface area (Å²) >= 11 is 1.23. The van der Waals surface area contributed by atoms with Crippen molar-refractivity contribution < 1.29 is 28.8 Å². The molecule has 1 aromatic rings. The van der Waals surface area contributed by atoms with E-state index in [1.807, 2.05) is 34.6 Å². The van der Waals surface area contributed by atoms with Crippen LogP contribution in [0.1, 0.15) is 102 Å². The minimum absolute atomic E-state index is 0.0372. The Balaban J connectivity index is 1.54. The van der Waals surface area contributed by atoms with Gasteiger partial charge in [-0.15, -0.1) is 11.3 Å². The number of Topliss-reactive ketones (excluding diaryl/α,β-unsaturated/α-hetero) is 2. The van der Waals surface area contributed by atoms with Crippen LogP contribution in [0.4, 0.5) is 4.79 Å². The monoisotopic (exact) mass is 658 g/mol. The molecule has 46 heavy (non-hydrogen) atoms. The van der Waals surface area contributed by atoms with Gasteiger partial charge in [0, 0.05) is 18.1 Å². The van der Waals surface area contributed by atoms with Crippen molar-refractivity contribution in [1.82, 2.24) is 25.8 Å². The summed E-state index contributed by atoms with van der Waals surface area (Å²) in [5.41, 5.74) is 4.55. The van der Waals surface area contributed by atoms with Crippen LogP contribution in [0.2, 0.25) is 0 Å². The molecule has 4 rings (SSSR count). The maximum atomic E-state index is 14.3. The summed E-state index contributed by atoms with van der Waals surface area (Å²) in [4.78, 5) is 85.3. The fourth-order valence-electron chi connectivity index (χ4n) is 6.92. The van der Waals surface area contributed by atoms with E-state index in [1.54, 1.807) is 11.6 Å². The van der Waals surface area contributed by atoms with Gasteiger partial charge in [0.1, 0.15) is 12.1 Å². The van der Waals surface area contributed by atoms with Crippen LogP contribution >= 0.6 is 11.3 Å². The van der Waals surface area contributed by atoms with E-state index in [4.69, 9.17) is 5.73 Å². The highest BCUT2D eigenvalue weighted by molar-refractivity contribution is 7.11. The minimum atomic E-state index is -1.10. The molecule has 3 fully saturated rings. The predicted molar refractivity (Wildman–Crippen MR) is 174 cm³/mol. The number of hydrogen-bond acceptors (Lipinski definition) is 8.